The first-order valence-corrected chi connectivity index (χ1v) is 8.10. The van der Waals surface area contributed by atoms with Gasteiger partial charge in [-0.2, -0.15) is 0 Å². The number of aromatic nitrogens is 1. The van der Waals surface area contributed by atoms with E-state index in [4.69, 9.17) is 0 Å². The molecule has 2 aromatic rings. The van der Waals surface area contributed by atoms with Gasteiger partial charge in [-0.05, 0) is 49.4 Å². The minimum absolute atomic E-state index is 0.104. The largest absolute Gasteiger partial charge is 0.508 e. The number of phenols is 1. The van der Waals surface area contributed by atoms with Crippen LogP contribution in [-0.4, -0.2) is 15.6 Å². The van der Waals surface area contributed by atoms with Crippen LogP contribution in [-0.2, 0) is 6.54 Å². The van der Waals surface area contributed by atoms with Crippen LogP contribution in [0.15, 0.2) is 35.3 Å². The van der Waals surface area contributed by atoms with Crippen LogP contribution in [0.1, 0.15) is 41.8 Å². The predicted octanol–water partition coefficient (Wildman–Crippen LogP) is 3.47. The van der Waals surface area contributed by atoms with E-state index in [-0.39, 0.29) is 16.9 Å². The normalized spacial score (nSPS) is 10.9. The van der Waals surface area contributed by atoms with E-state index in [0.29, 0.717) is 23.7 Å². The number of nitrogens with zero attached hydrogens (tertiary/aromatic N) is 1. The van der Waals surface area contributed by atoms with Crippen molar-refractivity contribution >= 4 is 11.6 Å². The Morgan fingerprint density at radius 2 is 1.92 bits per heavy atom. The summed E-state index contributed by atoms with van der Waals surface area (Å²) in [6, 6.07) is 6.66. The number of benzene rings is 1. The van der Waals surface area contributed by atoms with Gasteiger partial charge in [-0.1, -0.05) is 19.9 Å². The van der Waals surface area contributed by atoms with Gasteiger partial charge >= 0.3 is 0 Å². The second kappa shape index (κ2) is 7.34. The lowest BCUT2D eigenvalue weighted by Crippen LogP contribution is -2.30. The van der Waals surface area contributed by atoms with Crippen molar-refractivity contribution in [2.75, 3.05) is 5.32 Å². The van der Waals surface area contributed by atoms with Crippen LogP contribution in [0.4, 0.5) is 5.69 Å². The minimum Gasteiger partial charge on any atom is -0.508 e. The highest BCUT2D eigenvalue weighted by atomic mass is 16.3. The smallest absolute Gasteiger partial charge is 0.263 e. The van der Waals surface area contributed by atoms with Crippen LogP contribution >= 0.6 is 0 Å². The summed E-state index contributed by atoms with van der Waals surface area (Å²) in [5.41, 5.74) is 1.67. The molecule has 0 fully saturated rings. The highest BCUT2D eigenvalue weighted by Crippen LogP contribution is 2.21. The molecule has 0 aliphatic rings. The van der Waals surface area contributed by atoms with Crippen molar-refractivity contribution in [3.8, 4) is 5.75 Å². The van der Waals surface area contributed by atoms with Crippen LogP contribution in [0.3, 0.4) is 0 Å². The number of aryl methyl sites for hydroxylation is 3. The number of pyridine rings is 1. The fraction of sp³-hybridized carbons (Fsp3) is 0.368. The van der Waals surface area contributed by atoms with Crippen LogP contribution in [0, 0.1) is 19.8 Å². The number of carbonyl (C=O) groups is 1. The zero-order valence-corrected chi connectivity index (χ0v) is 14.6. The number of aromatic hydroxyl groups is 1. The summed E-state index contributed by atoms with van der Waals surface area (Å²) in [5.74, 6) is 0.123. The molecule has 2 rings (SSSR count). The molecule has 0 spiro atoms. The number of carbonyl (C=O) groups excluding carboxylic acids is 1. The van der Waals surface area contributed by atoms with E-state index in [2.05, 4.69) is 19.2 Å². The maximum Gasteiger partial charge on any atom is 0.263 e. The molecule has 0 aliphatic carbocycles. The Morgan fingerprint density at radius 1 is 1.21 bits per heavy atom. The molecule has 0 unspecified atom stereocenters. The Kier molecular flexibility index (Phi) is 5.44. The zero-order valence-electron chi connectivity index (χ0n) is 14.6. The number of hydrogen-bond donors (Lipinski definition) is 2. The van der Waals surface area contributed by atoms with Gasteiger partial charge in [-0.25, -0.2) is 0 Å². The Bertz CT molecular complexity index is 807. The molecule has 5 heteroatoms. The summed E-state index contributed by atoms with van der Waals surface area (Å²) >= 11 is 0. The lowest BCUT2D eigenvalue weighted by molar-refractivity contribution is 0.102. The van der Waals surface area contributed by atoms with E-state index >= 15 is 0 Å². The molecule has 1 heterocycles. The molecule has 128 valence electrons. The highest BCUT2D eigenvalue weighted by molar-refractivity contribution is 6.05. The SMILES string of the molecule is Cc1ccc(NC(=O)c2c(C)ccn(CCC(C)C)c2=O)cc1O. The van der Waals surface area contributed by atoms with Gasteiger partial charge in [0.15, 0.2) is 0 Å². The predicted molar refractivity (Wildman–Crippen MR) is 95.7 cm³/mol. The van der Waals surface area contributed by atoms with Crippen molar-refractivity contribution in [2.45, 2.75) is 40.7 Å². The summed E-state index contributed by atoms with van der Waals surface area (Å²) in [4.78, 5) is 25.1. The monoisotopic (exact) mass is 328 g/mol. The molecule has 5 nitrogen and oxygen atoms in total. The molecule has 1 aromatic heterocycles. The van der Waals surface area contributed by atoms with Crippen molar-refractivity contribution in [1.82, 2.24) is 4.57 Å². The minimum atomic E-state index is -0.459. The van der Waals surface area contributed by atoms with Crippen molar-refractivity contribution in [3.63, 3.8) is 0 Å². The van der Waals surface area contributed by atoms with Gasteiger partial charge in [-0.3, -0.25) is 9.59 Å². The third kappa shape index (κ3) is 4.04. The molecule has 24 heavy (non-hydrogen) atoms. The van der Waals surface area contributed by atoms with Gasteiger partial charge < -0.3 is 15.0 Å². The van der Waals surface area contributed by atoms with Crippen LogP contribution in [0.25, 0.3) is 0 Å². The molecule has 0 saturated carbocycles. The Morgan fingerprint density at radius 3 is 2.54 bits per heavy atom. The summed E-state index contributed by atoms with van der Waals surface area (Å²) in [6.07, 6.45) is 2.60. The standard InChI is InChI=1S/C19H24N2O3/c1-12(2)7-9-21-10-8-14(4)17(19(21)24)18(23)20-15-6-5-13(3)16(22)11-15/h5-6,8,10-12,22H,7,9H2,1-4H3,(H,20,23). The number of rotatable bonds is 5. The lowest BCUT2D eigenvalue weighted by Gasteiger charge is -2.12. The number of anilines is 1. The maximum atomic E-state index is 12.6. The Hall–Kier alpha value is -2.56. The number of nitrogens with one attached hydrogen (secondary N) is 1. The fourth-order valence-corrected chi connectivity index (χ4v) is 2.40. The first kappa shape index (κ1) is 17.8. The van der Waals surface area contributed by atoms with Gasteiger partial charge in [0.1, 0.15) is 11.3 Å². The van der Waals surface area contributed by atoms with Crippen molar-refractivity contribution < 1.29 is 9.90 Å². The average molecular weight is 328 g/mol. The number of hydrogen-bond acceptors (Lipinski definition) is 3. The van der Waals surface area contributed by atoms with Crippen molar-refractivity contribution in [2.24, 2.45) is 5.92 Å². The van der Waals surface area contributed by atoms with Gasteiger partial charge in [-0.15, -0.1) is 0 Å². The van der Waals surface area contributed by atoms with Crippen LogP contribution in [0.5, 0.6) is 5.75 Å². The van der Waals surface area contributed by atoms with E-state index in [1.807, 2.05) is 0 Å². The third-order valence-electron chi connectivity index (χ3n) is 4.01. The first-order chi connectivity index (χ1) is 11.3. The van der Waals surface area contributed by atoms with Gasteiger partial charge in [0.2, 0.25) is 0 Å². The van der Waals surface area contributed by atoms with Gasteiger partial charge in [0.05, 0.1) is 0 Å². The molecule has 0 aliphatic heterocycles. The topological polar surface area (TPSA) is 71.3 Å². The molecule has 2 N–H and O–H groups in total. The molecular formula is C19H24N2O3. The Balaban J connectivity index is 2.29. The van der Waals surface area contributed by atoms with E-state index in [9.17, 15) is 14.7 Å². The molecular weight excluding hydrogens is 304 g/mol. The second-order valence-corrected chi connectivity index (χ2v) is 6.51. The molecule has 0 saturated heterocycles. The fourth-order valence-electron chi connectivity index (χ4n) is 2.40. The highest BCUT2D eigenvalue weighted by Gasteiger charge is 2.16. The van der Waals surface area contributed by atoms with Crippen molar-refractivity contribution in [3.05, 3.63) is 57.5 Å². The lowest BCUT2D eigenvalue weighted by atomic mass is 10.1. The summed E-state index contributed by atoms with van der Waals surface area (Å²) in [5, 5.41) is 12.4. The molecule has 1 amide bonds. The van der Waals surface area contributed by atoms with E-state index in [0.717, 1.165) is 12.0 Å². The molecule has 0 bridgehead atoms. The molecule has 0 radical (unpaired) electrons. The second-order valence-electron chi connectivity index (χ2n) is 6.51. The molecule has 1 aromatic carbocycles. The summed E-state index contributed by atoms with van der Waals surface area (Å²) in [6.45, 7) is 8.29. The van der Waals surface area contributed by atoms with Crippen LogP contribution < -0.4 is 10.9 Å². The third-order valence-corrected chi connectivity index (χ3v) is 4.01. The number of amides is 1. The summed E-state index contributed by atoms with van der Waals surface area (Å²) < 4.78 is 1.58. The van der Waals surface area contributed by atoms with E-state index in [1.165, 1.54) is 6.07 Å². The molecule has 0 atom stereocenters. The quantitative estimate of drug-likeness (QED) is 0.883. The van der Waals surface area contributed by atoms with E-state index in [1.54, 1.807) is 42.8 Å². The van der Waals surface area contributed by atoms with Crippen LogP contribution in [0.2, 0.25) is 0 Å². The number of phenolic OH excluding ortho intramolecular Hbond substituents is 1. The van der Waals surface area contributed by atoms with Crippen molar-refractivity contribution in [1.29, 1.82) is 0 Å². The Labute approximate surface area is 142 Å². The van der Waals surface area contributed by atoms with Gasteiger partial charge in [0.25, 0.3) is 11.5 Å². The van der Waals surface area contributed by atoms with Gasteiger partial charge in [0, 0.05) is 24.5 Å². The first-order valence-electron chi connectivity index (χ1n) is 8.10. The summed E-state index contributed by atoms with van der Waals surface area (Å²) in [7, 11) is 0. The maximum absolute atomic E-state index is 12.6. The average Bonchev–Trinajstić information content (AvgIpc) is 2.50. The zero-order chi connectivity index (χ0) is 17.9. The van der Waals surface area contributed by atoms with E-state index < -0.39 is 5.91 Å².